The summed E-state index contributed by atoms with van der Waals surface area (Å²) < 4.78 is 1.32. The molecule has 0 aliphatic heterocycles. The van der Waals surface area contributed by atoms with Gasteiger partial charge in [-0.05, 0) is 31.2 Å². The van der Waals surface area contributed by atoms with Crippen molar-refractivity contribution >= 4 is 11.5 Å². The molecule has 6 nitrogen and oxygen atoms in total. The van der Waals surface area contributed by atoms with Gasteiger partial charge in [0.25, 0.3) is 11.3 Å². The summed E-state index contributed by atoms with van der Waals surface area (Å²) in [4.78, 5) is 20.2. The second-order valence-corrected chi connectivity index (χ2v) is 4.07. The van der Waals surface area contributed by atoms with Crippen LogP contribution in [0.15, 0.2) is 35.1 Å². The molecule has 3 N–H and O–H groups in total. The molecule has 0 fully saturated rings. The van der Waals surface area contributed by atoms with Gasteiger partial charge in [-0.15, -0.1) is 0 Å². The van der Waals surface area contributed by atoms with Crippen LogP contribution in [0.2, 0.25) is 0 Å². The SMILES string of the molecule is Cc1cc(=O)n2[nH]c(-c3ccc(N)cc3)nc2n1. The molecule has 2 heterocycles. The van der Waals surface area contributed by atoms with Crippen LogP contribution in [0, 0.1) is 6.92 Å². The van der Waals surface area contributed by atoms with Crippen LogP contribution in [0.25, 0.3) is 17.2 Å². The Balaban J connectivity index is 2.22. The monoisotopic (exact) mass is 241 g/mol. The molecular weight excluding hydrogens is 230 g/mol. The molecule has 0 spiro atoms. The Hall–Kier alpha value is -2.63. The third kappa shape index (κ3) is 1.64. The highest BCUT2D eigenvalue weighted by molar-refractivity contribution is 5.59. The minimum Gasteiger partial charge on any atom is -0.399 e. The molecule has 0 aliphatic rings. The summed E-state index contributed by atoms with van der Waals surface area (Å²) in [5.74, 6) is 0.956. The van der Waals surface area contributed by atoms with Crippen molar-refractivity contribution in [3.63, 3.8) is 0 Å². The minimum absolute atomic E-state index is 0.174. The van der Waals surface area contributed by atoms with Crippen LogP contribution in [0.1, 0.15) is 5.69 Å². The van der Waals surface area contributed by atoms with Gasteiger partial charge in [-0.3, -0.25) is 9.89 Å². The number of hydrogen-bond donors (Lipinski definition) is 2. The lowest BCUT2D eigenvalue weighted by molar-refractivity contribution is 0.892. The summed E-state index contributed by atoms with van der Waals surface area (Å²) in [7, 11) is 0. The Bertz CT molecular complexity index is 769. The zero-order valence-corrected chi connectivity index (χ0v) is 9.71. The molecule has 3 rings (SSSR count). The molecule has 0 bridgehead atoms. The van der Waals surface area contributed by atoms with Gasteiger partial charge in [0.05, 0.1) is 0 Å². The van der Waals surface area contributed by atoms with Gasteiger partial charge in [-0.25, -0.2) is 4.98 Å². The normalized spacial score (nSPS) is 10.9. The fourth-order valence-electron chi connectivity index (χ4n) is 1.76. The van der Waals surface area contributed by atoms with Gasteiger partial charge < -0.3 is 5.73 Å². The lowest BCUT2D eigenvalue weighted by Gasteiger charge is -1.96. The fraction of sp³-hybridized carbons (Fsp3) is 0.0833. The molecule has 18 heavy (non-hydrogen) atoms. The first-order valence-electron chi connectivity index (χ1n) is 5.46. The Morgan fingerprint density at radius 1 is 1.22 bits per heavy atom. The maximum atomic E-state index is 11.7. The van der Waals surface area contributed by atoms with Gasteiger partial charge in [-0.2, -0.15) is 9.50 Å². The lowest BCUT2D eigenvalue weighted by atomic mass is 10.2. The van der Waals surface area contributed by atoms with E-state index in [1.54, 1.807) is 19.1 Å². The molecule has 3 aromatic rings. The van der Waals surface area contributed by atoms with Crippen molar-refractivity contribution in [1.29, 1.82) is 0 Å². The van der Waals surface area contributed by atoms with Crippen LogP contribution < -0.4 is 11.3 Å². The molecule has 6 heteroatoms. The number of fused-ring (bicyclic) bond motifs is 1. The molecule has 2 aromatic heterocycles. The molecule has 0 atom stereocenters. The van der Waals surface area contributed by atoms with Crippen LogP contribution in [-0.4, -0.2) is 19.6 Å². The summed E-state index contributed by atoms with van der Waals surface area (Å²) in [6.45, 7) is 1.76. The number of aromatic amines is 1. The van der Waals surface area contributed by atoms with Crippen LogP contribution >= 0.6 is 0 Å². The molecule has 1 aromatic carbocycles. The Morgan fingerprint density at radius 3 is 2.67 bits per heavy atom. The van der Waals surface area contributed by atoms with E-state index in [1.807, 2.05) is 12.1 Å². The molecule has 0 saturated carbocycles. The molecule has 0 amide bonds. The average Bonchev–Trinajstić information content (AvgIpc) is 2.74. The number of nitrogens with zero attached hydrogens (tertiary/aromatic N) is 3. The maximum absolute atomic E-state index is 11.7. The third-order valence-electron chi connectivity index (χ3n) is 2.64. The topological polar surface area (TPSA) is 89.1 Å². The Labute approximate surface area is 102 Å². The predicted molar refractivity (Wildman–Crippen MR) is 68.2 cm³/mol. The van der Waals surface area contributed by atoms with Gasteiger partial charge >= 0.3 is 0 Å². The van der Waals surface area contributed by atoms with Crippen molar-refractivity contribution < 1.29 is 0 Å². The molecule has 0 radical (unpaired) electrons. The first kappa shape index (κ1) is 10.5. The van der Waals surface area contributed by atoms with Crippen LogP contribution in [0.4, 0.5) is 5.69 Å². The van der Waals surface area contributed by atoms with Crippen molar-refractivity contribution in [3.05, 3.63) is 46.4 Å². The first-order chi connectivity index (χ1) is 8.63. The first-order valence-corrected chi connectivity index (χ1v) is 5.46. The number of nitrogens with two attached hydrogens (primary N) is 1. The van der Waals surface area contributed by atoms with Gasteiger partial charge in [0, 0.05) is 23.0 Å². The van der Waals surface area contributed by atoms with Crippen molar-refractivity contribution in [1.82, 2.24) is 19.6 Å². The number of H-pyrrole nitrogens is 1. The maximum Gasteiger partial charge on any atom is 0.274 e. The van der Waals surface area contributed by atoms with E-state index in [2.05, 4.69) is 15.1 Å². The molecule has 0 unspecified atom stereocenters. The quantitative estimate of drug-likeness (QED) is 0.621. The number of anilines is 1. The third-order valence-corrected chi connectivity index (χ3v) is 2.64. The largest absolute Gasteiger partial charge is 0.399 e. The number of aryl methyl sites for hydroxylation is 1. The predicted octanol–water partition coefficient (Wildman–Crippen LogP) is 0.975. The Morgan fingerprint density at radius 2 is 1.94 bits per heavy atom. The van der Waals surface area contributed by atoms with E-state index < -0.39 is 0 Å². The summed E-state index contributed by atoms with van der Waals surface area (Å²) in [5.41, 5.74) is 7.63. The summed E-state index contributed by atoms with van der Waals surface area (Å²) >= 11 is 0. The molecule has 0 saturated heterocycles. The Kier molecular flexibility index (Phi) is 2.16. The van der Waals surface area contributed by atoms with Crippen molar-refractivity contribution in [2.45, 2.75) is 6.92 Å². The fourth-order valence-corrected chi connectivity index (χ4v) is 1.76. The number of hydrogen-bond acceptors (Lipinski definition) is 4. The number of aromatic nitrogens is 4. The summed E-state index contributed by atoms with van der Waals surface area (Å²) in [6.07, 6.45) is 0. The number of nitrogens with one attached hydrogen (secondary N) is 1. The highest BCUT2D eigenvalue weighted by Gasteiger charge is 2.07. The zero-order chi connectivity index (χ0) is 12.7. The second-order valence-electron chi connectivity index (χ2n) is 4.07. The summed E-state index contributed by atoms with van der Waals surface area (Å²) in [5, 5.41) is 2.92. The number of nitrogen functional groups attached to an aromatic ring is 1. The van der Waals surface area contributed by atoms with E-state index in [0.717, 1.165) is 5.56 Å². The van der Waals surface area contributed by atoms with E-state index in [0.29, 0.717) is 23.0 Å². The summed E-state index contributed by atoms with van der Waals surface area (Å²) in [6, 6.07) is 8.70. The van der Waals surface area contributed by atoms with E-state index in [4.69, 9.17) is 5.73 Å². The highest BCUT2D eigenvalue weighted by Crippen LogP contribution is 2.16. The lowest BCUT2D eigenvalue weighted by Crippen LogP contribution is -2.14. The van der Waals surface area contributed by atoms with Crippen LogP contribution in [0.3, 0.4) is 0 Å². The standard InChI is InChI=1S/C12H11N5O/c1-7-6-10(18)17-12(14-7)15-11(16-17)8-2-4-9(13)5-3-8/h2-6H,13H2,1H3,(H,14,15,16). The highest BCUT2D eigenvalue weighted by atomic mass is 16.1. The minimum atomic E-state index is -0.174. The van der Waals surface area contributed by atoms with Gasteiger partial charge in [-0.1, -0.05) is 0 Å². The van der Waals surface area contributed by atoms with E-state index in [9.17, 15) is 4.79 Å². The number of rotatable bonds is 1. The molecule has 0 aliphatic carbocycles. The van der Waals surface area contributed by atoms with Gasteiger partial charge in [0.2, 0.25) is 0 Å². The van der Waals surface area contributed by atoms with E-state index in [-0.39, 0.29) is 5.56 Å². The average molecular weight is 241 g/mol. The van der Waals surface area contributed by atoms with Crippen molar-refractivity contribution in [2.24, 2.45) is 0 Å². The van der Waals surface area contributed by atoms with E-state index >= 15 is 0 Å². The van der Waals surface area contributed by atoms with Crippen molar-refractivity contribution in [2.75, 3.05) is 5.73 Å². The molecule has 90 valence electrons. The van der Waals surface area contributed by atoms with Gasteiger partial charge in [0.1, 0.15) is 0 Å². The van der Waals surface area contributed by atoms with Crippen LogP contribution in [-0.2, 0) is 0 Å². The van der Waals surface area contributed by atoms with E-state index in [1.165, 1.54) is 10.6 Å². The second kappa shape index (κ2) is 3.69. The van der Waals surface area contributed by atoms with Crippen molar-refractivity contribution in [3.8, 4) is 11.4 Å². The molecular formula is C12H11N5O. The zero-order valence-electron chi connectivity index (χ0n) is 9.71. The number of benzene rings is 1. The van der Waals surface area contributed by atoms with Gasteiger partial charge in [0.15, 0.2) is 5.82 Å². The van der Waals surface area contributed by atoms with Crippen LogP contribution in [0.5, 0.6) is 0 Å². The smallest absolute Gasteiger partial charge is 0.274 e.